The Balaban J connectivity index is 0.00000182. The van der Waals surface area contributed by atoms with Gasteiger partial charge in [0.2, 0.25) is 10.0 Å². The smallest absolute Gasteiger partial charge is 0.253 e. The summed E-state index contributed by atoms with van der Waals surface area (Å²) in [5.41, 5.74) is 1.32. The van der Waals surface area contributed by atoms with Crippen molar-refractivity contribution in [3.63, 3.8) is 0 Å². The minimum atomic E-state index is -3.63. The van der Waals surface area contributed by atoms with Crippen molar-refractivity contribution in [2.24, 2.45) is 0 Å². The zero-order chi connectivity index (χ0) is 17.7. The number of piperazine rings is 1. The minimum absolute atomic E-state index is 0. The lowest BCUT2D eigenvalue weighted by atomic mass is 10.2. The molecule has 1 aromatic heterocycles. The summed E-state index contributed by atoms with van der Waals surface area (Å²) in [4.78, 5) is 18.2. The second-order valence-corrected chi connectivity index (χ2v) is 7.51. The zero-order valence-electron chi connectivity index (χ0n) is 14.5. The van der Waals surface area contributed by atoms with E-state index < -0.39 is 10.0 Å². The Morgan fingerprint density at radius 1 is 1.04 bits per heavy atom. The molecular weight excluding hydrogens is 411 g/mol. The van der Waals surface area contributed by atoms with E-state index in [0.29, 0.717) is 18.7 Å². The van der Waals surface area contributed by atoms with Gasteiger partial charge in [0.25, 0.3) is 5.91 Å². The monoisotopic (exact) mass is 432 g/mol. The van der Waals surface area contributed by atoms with Crippen molar-refractivity contribution < 1.29 is 13.2 Å². The van der Waals surface area contributed by atoms with Crippen LogP contribution in [-0.2, 0) is 16.6 Å². The number of nitrogens with one attached hydrogen (secondary N) is 2. The van der Waals surface area contributed by atoms with E-state index in [1.807, 2.05) is 0 Å². The third-order valence-corrected chi connectivity index (χ3v) is 5.45. The molecule has 148 valence electrons. The van der Waals surface area contributed by atoms with Crippen LogP contribution in [0, 0.1) is 0 Å². The van der Waals surface area contributed by atoms with Gasteiger partial charge in [-0.1, -0.05) is 0 Å². The first kappa shape index (κ1) is 23.3. The van der Waals surface area contributed by atoms with Crippen LogP contribution >= 0.6 is 24.8 Å². The van der Waals surface area contributed by atoms with Crippen LogP contribution in [-0.4, -0.2) is 50.4 Å². The quantitative estimate of drug-likeness (QED) is 0.745. The Hall–Kier alpha value is -1.71. The minimum Gasteiger partial charge on any atom is -0.336 e. The molecule has 1 aliphatic heterocycles. The first-order chi connectivity index (χ1) is 12.1. The van der Waals surface area contributed by atoms with Crippen molar-refractivity contribution in [1.82, 2.24) is 19.9 Å². The Labute approximate surface area is 171 Å². The fourth-order valence-corrected chi connectivity index (χ4v) is 3.61. The molecule has 0 saturated carbocycles. The maximum absolute atomic E-state index is 12.4. The normalized spacial score (nSPS) is 14.0. The highest BCUT2D eigenvalue weighted by molar-refractivity contribution is 7.89. The first-order valence-corrected chi connectivity index (χ1v) is 9.53. The summed E-state index contributed by atoms with van der Waals surface area (Å²) in [6.45, 7) is 3.05. The summed E-state index contributed by atoms with van der Waals surface area (Å²) in [5, 5.41) is 3.19. The van der Waals surface area contributed by atoms with Crippen LogP contribution in [0.3, 0.4) is 0 Å². The molecule has 10 heteroatoms. The molecule has 2 aromatic rings. The van der Waals surface area contributed by atoms with Gasteiger partial charge in [-0.05, 0) is 42.0 Å². The van der Waals surface area contributed by atoms with Crippen molar-refractivity contribution in [2.45, 2.75) is 11.4 Å². The van der Waals surface area contributed by atoms with E-state index in [1.54, 1.807) is 41.6 Å². The molecule has 1 aliphatic rings. The highest BCUT2D eigenvalue weighted by atomic mass is 35.5. The summed E-state index contributed by atoms with van der Waals surface area (Å²) in [7, 11) is -3.63. The Bertz CT molecular complexity index is 827. The van der Waals surface area contributed by atoms with Gasteiger partial charge in [-0.25, -0.2) is 13.1 Å². The van der Waals surface area contributed by atoms with E-state index in [9.17, 15) is 13.2 Å². The number of carbonyl (C=O) groups is 1. The summed E-state index contributed by atoms with van der Waals surface area (Å²) in [5.74, 6) is -0.0739. The van der Waals surface area contributed by atoms with Gasteiger partial charge in [0.05, 0.1) is 4.90 Å². The van der Waals surface area contributed by atoms with Gasteiger partial charge >= 0.3 is 0 Å². The molecule has 0 unspecified atom stereocenters. The summed E-state index contributed by atoms with van der Waals surface area (Å²) < 4.78 is 27.3. The SMILES string of the molecule is Cl.Cl.O=C(c1ccc(S(=O)(=O)NCc2ccncc2)cc1)N1CCNCC1. The molecule has 1 amide bonds. The summed E-state index contributed by atoms with van der Waals surface area (Å²) in [6.07, 6.45) is 3.22. The zero-order valence-corrected chi connectivity index (χ0v) is 16.9. The van der Waals surface area contributed by atoms with Crippen LogP contribution in [0.15, 0.2) is 53.7 Å². The van der Waals surface area contributed by atoms with Crippen LogP contribution in [0.25, 0.3) is 0 Å². The van der Waals surface area contributed by atoms with Crippen molar-refractivity contribution in [3.8, 4) is 0 Å². The molecule has 1 fully saturated rings. The molecule has 0 bridgehead atoms. The second kappa shape index (κ2) is 10.6. The number of benzene rings is 1. The molecule has 0 radical (unpaired) electrons. The Kier molecular flexibility index (Phi) is 9.14. The average molecular weight is 433 g/mol. The topological polar surface area (TPSA) is 91.4 Å². The third kappa shape index (κ3) is 6.15. The highest BCUT2D eigenvalue weighted by Crippen LogP contribution is 2.13. The third-order valence-electron chi connectivity index (χ3n) is 4.03. The summed E-state index contributed by atoms with van der Waals surface area (Å²) in [6, 6.07) is 9.54. The molecule has 0 atom stereocenters. The lowest BCUT2D eigenvalue weighted by molar-refractivity contribution is 0.0735. The number of pyridine rings is 1. The van der Waals surface area contributed by atoms with Gasteiger partial charge in [0.15, 0.2) is 0 Å². The summed E-state index contributed by atoms with van der Waals surface area (Å²) >= 11 is 0. The molecule has 1 aromatic carbocycles. The van der Waals surface area contributed by atoms with Gasteiger partial charge in [0, 0.05) is 50.7 Å². The lowest BCUT2D eigenvalue weighted by Gasteiger charge is -2.27. The molecule has 1 saturated heterocycles. The van der Waals surface area contributed by atoms with Crippen LogP contribution in [0.2, 0.25) is 0 Å². The van der Waals surface area contributed by atoms with Gasteiger partial charge < -0.3 is 10.2 Å². The molecule has 7 nitrogen and oxygen atoms in total. The van der Waals surface area contributed by atoms with Gasteiger partial charge in [-0.15, -0.1) is 24.8 Å². The number of amides is 1. The van der Waals surface area contributed by atoms with E-state index in [4.69, 9.17) is 0 Å². The van der Waals surface area contributed by atoms with Crippen LogP contribution in [0.1, 0.15) is 15.9 Å². The second-order valence-electron chi connectivity index (χ2n) is 5.75. The number of hydrogen-bond donors (Lipinski definition) is 2. The van der Waals surface area contributed by atoms with Crippen LogP contribution in [0.5, 0.6) is 0 Å². The average Bonchev–Trinajstić information content (AvgIpc) is 2.67. The standard InChI is InChI=1S/C17H20N4O3S.2ClH/c22-17(21-11-9-19-10-12-21)15-1-3-16(4-2-15)25(23,24)20-13-14-5-7-18-8-6-14;;/h1-8,19-20H,9-13H2;2*1H. The van der Waals surface area contributed by atoms with Crippen molar-refractivity contribution in [2.75, 3.05) is 26.2 Å². The van der Waals surface area contributed by atoms with Gasteiger partial charge in [-0.3, -0.25) is 9.78 Å². The lowest BCUT2D eigenvalue weighted by Crippen LogP contribution is -2.46. The van der Waals surface area contributed by atoms with Crippen molar-refractivity contribution in [1.29, 1.82) is 0 Å². The fraction of sp³-hybridized carbons (Fsp3) is 0.294. The fourth-order valence-electron chi connectivity index (χ4n) is 2.59. The number of rotatable bonds is 5. The Morgan fingerprint density at radius 3 is 2.22 bits per heavy atom. The molecule has 27 heavy (non-hydrogen) atoms. The van der Waals surface area contributed by atoms with E-state index in [0.717, 1.165) is 18.7 Å². The van der Waals surface area contributed by atoms with Crippen LogP contribution < -0.4 is 10.0 Å². The number of carbonyl (C=O) groups excluding carboxylic acids is 1. The van der Waals surface area contributed by atoms with E-state index >= 15 is 0 Å². The predicted molar refractivity (Wildman–Crippen MR) is 108 cm³/mol. The maximum atomic E-state index is 12.4. The van der Waals surface area contributed by atoms with E-state index in [2.05, 4.69) is 15.0 Å². The molecule has 2 N–H and O–H groups in total. The van der Waals surface area contributed by atoms with E-state index in [1.165, 1.54) is 12.1 Å². The van der Waals surface area contributed by atoms with Crippen molar-refractivity contribution in [3.05, 3.63) is 59.9 Å². The molecule has 2 heterocycles. The largest absolute Gasteiger partial charge is 0.336 e. The van der Waals surface area contributed by atoms with E-state index in [-0.39, 0.29) is 42.2 Å². The molecule has 0 spiro atoms. The Morgan fingerprint density at radius 2 is 1.63 bits per heavy atom. The predicted octanol–water partition coefficient (Wildman–Crippen LogP) is 1.45. The molecule has 0 aliphatic carbocycles. The molecule has 3 rings (SSSR count). The number of nitrogens with zero attached hydrogens (tertiary/aromatic N) is 2. The first-order valence-electron chi connectivity index (χ1n) is 8.05. The van der Waals surface area contributed by atoms with Gasteiger partial charge in [-0.2, -0.15) is 0 Å². The number of sulfonamides is 1. The van der Waals surface area contributed by atoms with Crippen molar-refractivity contribution >= 4 is 40.7 Å². The number of aromatic nitrogens is 1. The molecular formula is C17H22Cl2N4O3S. The van der Waals surface area contributed by atoms with Crippen LogP contribution in [0.4, 0.5) is 0 Å². The number of halogens is 2. The number of hydrogen-bond acceptors (Lipinski definition) is 5. The van der Waals surface area contributed by atoms with Gasteiger partial charge in [0.1, 0.15) is 0 Å². The highest BCUT2D eigenvalue weighted by Gasteiger charge is 2.19. The maximum Gasteiger partial charge on any atom is 0.253 e.